The Morgan fingerprint density at radius 1 is 1.09 bits per heavy atom. The van der Waals surface area contributed by atoms with Crippen molar-refractivity contribution in [2.45, 2.75) is 43.9 Å². The Morgan fingerprint density at radius 3 is 2.33 bits per heavy atom. The predicted octanol–water partition coefficient (Wildman–Crippen LogP) is 2.84. The number of hydrogen-bond acceptors (Lipinski definition) is 7. The van der Waals surface area contributed by atoms with E-state index in [1.165, 1.54) is 25.7 Å². The Kier molecular flexibility index (Phi) is 7.67. The second kappa shape index (κ2) is 10.7. The van der Waals surface area contributed by atoms with Crippen LogP contribution in [0.3, 0.4) is 0 Å². The van der Waals surface area contributed by atoms with Gasteiger partial charge in [0.05, 0.1) is 12.2 Å². The molecule has 2 atom stereocenters. The molecule has 33 heavy (non-hydrogen) atoms. The summed E-state index contributed by atoms with van der Waals surface area (Å²) in [5.41, 5.74) is 18.5. The molecule has 0 bridgehead atoms. The molecule has 1 aliphatic heterocycles. The number of ether oxygens (including phenoxy) is 1. The predicted molar refractivity (Wildman–Crippen MR) is 133 cm³/mol. The summed E-state index contributed by atoms with van der Waals surface area (Å²) in [6, 6.07) is 17.8. The first-order valence-corrected chi connectivity index (χ1v) is 11.9. The minimum atomic E-state index is -0.331. The van der Waals surface area contributed by atoms with Crippen LogP contribution in [0.4, 0.5) is 0 Å². The van der Waals surface area contributed by atoms with E-state index < -0.39 is 0 Å². The highest BCUT2D eigenvalue weighted by molar-refractivity contribution is 5.37. The Hall–Kier alpha value is -2.42. The number of nitrogens with two attached hydrogens (primary N) is 2. The maximum atomic E-state index is 6.73. The smallest absolute Gasteiger partial charge is 0.127 e. The largest absolute Gasteiger partial charge is 0.457 e. The summed E-state index contributed by atoms with van der Waals surface area (Å²) in [5.74, 6) is 1.59. The summed E-state index contributed by atoms with van der Waals surface area (Å²) in [6.45, 7) is 2.27. The van der Waals surface area contributed by atoms with Crippen LogP contribution in [0.2, 0.25) is 0 Å². The minimum absolute atomic E-state index is 0.0979. The van der Waals surface area contributed by atoms with Crippen LogP contribution in [0.25, 0.3) is 0 Å². The van der Waals surface area contributed by atoms with Gasteiger partial charge in [0.2, 0.25) is 0 Å². The number of hydrogen-bond donors (Lipinski definition) is 5. The lowest BCUT2D eigenvalue weighted by Gasteiger charge is -2.52. The van der Waals surface area contributed by atoms with Crippen LogP contribution in [0.1, 0.15) is 37.3 Å². The lowest BCUT2D eigenvalue weighted by Crippen LogP contribution is -2.60. The molecule has 2 fully saturated rings. The standard InChI is InChI=1S/C26H38N6O/c1-29-32(2)25(31-20-16-26(17-20)12-14-30-15-13-26)23(18-27)24(28)19-8-10-22(11-9-19)33-21-6-4-3-5-7-21/h3-11,18,20,24-25,29-31H,12-17,27-28H2,1-2H3/b23-18-. The fourth-order valence-electron chi connectivity index (χ4n) is 5.18. The van der Waals surface area contributed by atoms with Crippen molar-refractivity contribution in [3.05, 3.63) is 71.9 Å². The average molecular weight is 451 g/mol. The van der Waals surface area contributed by atoms with Gasteiger partial charge in [0.1, 0.15) is 11.5 Å². The number of hydrazine groups is 1. The monoisotopic (exact) mass is 450 g/mol. The van der Waals surface area contributed by atoms with Gasteiger partial charge >= 0.3 is 0 Å². The summed E-state index contributed by atoms with van der Waals surface area (Å²) in [6.07, 6.45) is 6.52. The van der Waals surface area contributed by atoms with Crippen molar-refractivity contribution in [2.75, 3.05) is 27.2 Å². The van der Waals surface area contributed by atoms with E-state index in [2.05, 4.69) is 16.1 Å². The number of rotatable bonds is 9. The third kappa shape index (κ3) is 5.57. The minimum Gasteiger partial charge on any atom is -0.457 e. The molecule has 7 N–H and O–H groups in total. The van der Waals surface area contributed by atoms with E-state index in [9.17, 15) is 0 Å². The number of benzene rings is 2. The van der Waals surface area contributed by atoms with E-state index in [-0.39, 0.29) is 12.2 Å². The number of nitrogens with one attached hydrogen (secondary N) is 3. The van der Waals surface area contributed by atoms with Crippen molar-refractivity contribution in [1.29, 1.82) is 0 Å². The van der Waals surface area contributed by atoms with Crippen LogP contribution in [0.5, 0.6) is 11.5 Å². The molecule has 0 amide bonds. The van der Waals surface area contributed by atoms with Crippen LogP contribution in [-0.4, -0.2) is 44.4 Å². The first kappa shape index (κ1) is 23.7. The topological polar surface area (TPSA) is 101 Å². The molecule has 1 saturated carbocycles. The van der Waals surface area contributed by atoms with Crippen molar-refractivity contribution in [3.8, 4) is 11.5 Å². The van der Waals surface area contributed by atoms with Crippen LogP contribution in [0.15, 0.2) is 66.4 Å². The lowest BCUT2D eigenvalue weighted by atomic mass is 9.60. The number of likely N-dealkylation sites (N-methyl/N-ethyl adjacent to an activating group) is 1. The molecule has 1 saturated heterocycles. The van der Waals surface area contributed by atoms with E-state index >= 15 is 0 Å². The van der Waals surface area contributed by atoms with E-state index in [0.29, 0.717) is 11.5 Å². The van der Waals surface area contributed by atoms with Crippen LogP contribution < -0.4 is 32.3 Å². The van der Waals surface area contributed by atoms with Crippen LogP contribution in [0, 0.1) is 5.41 Å². The molecule has 0 aromatic heterocycles. The van der Waals surface area contributed by atoms with Crippen molar-refractivity contribution in [2.24, 2.45) is 16.9 Å². The van der Waals surface area contributed by atoms with Gasteiger partial charge in [-0.2, -0.15) is 0 Å². The molecule has 2 aliphatic rings. The van der Waals surface area contributed by atoms with Gasteiger partial charge in [-0.3, -0.25) is 10.7 Å². The molecule has 2 unspecified atom stereocenters. The number of para-hydroxylation sites is 1. The summed E-state index contributed by atoms with van der Waals surface area (Å²) in [7, 11) is 3.93. The van der Waals surface area contributed by atoms with Gasteiger partial charge in [-0.05, 0) is 92.8 Å². The molecule has 1 aliphatic carbocycles. The second-order valence-electron chi connectivity index (χ2n) is 9.39. The lowest BCUT2D eigenvalue weighted by molar-refractivity contribution is 0.0243. The number of nitrogens with zero attached hydrogens (tertiary/aromatic N) is 1. The molecule has 4 rings (SSSR count). The molecule has 7 heteroatoms. The zero-order chi connectivity index (χ0) is 23.3. The molecular weight excluding hydrogens is 412 g/mol. The normalized spacial score (nSPS) is 20.4. The highest BCUT2D eigenvalue weighted by Gasteiger charge is 2.45. The molecule has 1 spiro atoms. The van der Waals surface area contributed by atoms with Crippen molar-refractivity contribution in [1.82, 2.24) is 21.1 Å². The van der Waals surface area contributed by atoms with Gasteiger partial charge in [-0.25, -0.2) is 5.01 Å². The van der Waals surface area contributed by atoms with Gasteiger partial charge in [-0.15, -0.1) is 0 Å². The fourth-order valence-corrected chi connectivity index (χ4v) is 5.18. The van der Waals surface area contributed by atoms with Gasteiger partial charge in [0.25, 0.3) is 0 Å². The number of piperidine rings is 1. The molecule has 7 nitrogen and oxygen atoms in total. The van der Waals surface area contributed by atoms with E-state index in [4.69, 9.17) is 16.2 Å². The van der Waals surface area contributed by atoms with Crippen molar-refractivity contribution in [3.63, 3.8) is 0 Å². The average Bonchev–Trinajstić information content (AvgIpc) is 2.84. The van der Waals surface area contributed by atoms with Crippen LogP contribution in [-0.2, 0) is 0 Å². The summed E-state index contributed by atoms with van der Waals surface area (Å²) in [4.78, 5) is 0. The highest BCUT2D eigenvalue weighted by Crippen LogP contribution is 2.48. The third-order valence-corrected chi connectivity index (χ3v) is 7.24. The molecule has 1 heterocycles. The SMILES string of the molecule is CNN(C)C(NC1CC2(CCNCC2)C1)/C(=C\N)C(N)c1ccc(Oc2ccccc2)cc1. The summed E-state index contributed by atoms with van der Waals surface area (Å²) >= 11 is 0. The first-order valence-electron chi connectivity index (χ1n) is 11.9. The Labute approximate surface area is 197 Å². The molecule has 2 aromatic rings. The second-order valence-corrected chi connectivity index (χ2v) is 9.39. The zero-order valence-electron chi connectivity index (χ0n) is 19.8. The fraction of sp³-hybridized carbons (Fsp3) is 0.462. The molecule has 0 radical (unpaired) electrons. The Balaban J connectivity index is 1.42. The third-order valence-electron chi connectivity index (χ3n) is 7.24. The van der Waals surface area contributed by atoms with Crippen LogP contribution >= 0.6 is 0 Å². The van der Waals surface area contributed by atoms with Gasteiger partial charge in [0.15, 0.2) is 0 Å². The first-order chi connectivity index (χ1) is 16.0. The summed E-state index contributed by atoms with van der Waals surface area (Å²) in [5, 5.41) is 9.33. The highest BCUT2D eigenvalue weighted by atomic mass is 16.5. The molecule has 2 aromatic carbocycles. The quantitative estimate of drug-likeness (QED) is 0.296. The van der Waals surface area contributed by atoms with Gasteiger partial charge < -0.3 is 21.5 Å². The van der Waals surface area contributed by atoms with E-state index in [1.54, 1.807) is 6.20 Å². The Morgan fingerprint density at radius 2 is 1.73 bits per heavy atom. The Bertz CT molecular complexity index is 902. The van der Waals surface area contributed by atoms with Gasteiger partial charge in [-0.1, -0.05) is 30.3 Å². The van der Waals surface area contributed by atoms with Crippen molar-refractivity contribution < 1.29 is 4.74 Å². The van der Waals surface area contributed by atoms with Gasteiger partial charge in [0, 0.05) is 13.1 Å². The zero-order valence-corrected chi connectivity index (χ0v) is 19.8. The summed E-state index contributed by atoms with van der Waals surface area (Å²) < 4.78 is 5.92. The van der Waals surface area contributed by atoms with Crippen molar-refractivity contribution >= 4 is 0 Å². The van der Waals surface area contributed by atoms with E-state index in [1.807, 2.05) is 73.7 Å². The molecule has 178 valence electrons. The maximum Gasteiger partial charge on any atom is 0.127 e. The molecular formula is C26H38N6O. The van der Waals surface area contributed by atoms with E-state index in [0.717, 1.165) is 35.7 Å². The maximum absolute atomic E-state index is 6.73.